The molecule has 2 aliphatic rings. The summed E-state index contributed by atoms with van der Waals surface area (Å²) in [6.07, 6.45) is 2.80. The minimum Gasteiger partial charge on any atom is -0.508 e. The molecule has 1 amide bonds. The second kappa shape index (κ2) is 6.52. The zero-order valence-electron chi connectivity index (χ0n) is 14.4. The van der Waals surface area contributed by atoms with Gasteiger partial charge in [-0.05, 0) is 54.6 Å². The highest BCUT2D eigenvalue weighted by Crippen LogP contribution is 2.37. The second-order valence-electron chi connectivity index (χ2n) is 7.39. The summed E-state index contributed by atoms with van der Waals surface area (Å²) in [5.74, 6) is 0.484. The number of nitrogens with zero attached hydrogens (tertiary/aromatic N) is 1. The third-order valence-corrected chi connectivity index (χ3v) is 5.57. The van der Waals surface area contributed by atoms with Crippen LogP contribution in [0.15, 0.2) is 48.5 Å². The highest BCUT2D eigenvalue weighted by Gasteiger charge is 2.43. The maximum atomic E-state index is 12.9. The lowest BCUT2D eigenvalue weighted by Crippen LogP contribution is -2.51. The van der Waals surface area contributed by atoms with Crippen LogP contribution in [-0.2, 0) is 24.3 Å². The summed E-state index contributed by atoms with van der Waals surface area (Å²) in [7, 11) is 0. The number of hydrogen-bond acceptors (Lipinski definition) is 3. The fourth-order valence-electron chi connectivity index (χ4n) is 4.26. The third-order valence-electron chi connectivity index (χ3n) is 5.57. The molecule has 0 bridgehead atoms. The maximum Gasteiger partial charge on any atom is 0.228 e. The molecule has 4 nitrogen and oxygen atoms in total. The predicted octanol–water partition coefficient (Wildman–Crippen LogP) is 2.85. The third kappa shape index (κ3) is 3.27. The first-order valence-electron chi connectivity index (χ1n) is 9.00. The fraction of sp³-hybridized carbons (Fsp3) is 0.381. The number of phenolic OH excluding ortho intramolecular Hbond substituents is 1. The largest absolute Gasteiger partial charge is 0.508 e. The van der Waals surface area contributed by atoms with Crippen molar-refractivity contribution < 1.29 is 9.90 Å². The van der Waals surface area contributed by atoms with Gasteiger partial charge in [0.15, 0.2) is 0 Å². The second-order valence-corrected chi connectivity index (χ2v) is 7.39. The Kier molecular flexibility index (Phi) is 4.22. The zero-order valence-corrected chi connectivity index (χ0v) is 14.4. The van der Waals surface area contributed by atoms with Gasteiger partial charge in [-0.3, -0.25) is 9.69 Å². The number of hydrogen-bond donors (Lipinski definition) is 2. The summed E-state index contributed by atoms with van der Waals surface area (Å²) in [5.41, 5.74) is 3.38. The lowest BCUT2D eigenvalue weighted by Gasteiger charge is -2.41. The minimum absolute atomic E-state index is 0.194. The van der Waals surface area contributed by atoms with E-state index in [1.165, 1.54) is 16.7 Å². The van der Waals surface area contributed by atoms with Gasteiger partial charge in [-0.15, -0.1) is 0 Å². The van der Waals surface area contributed by atoms with E-state index in [1.54, 1.807) is 12.1 Å². The summed E-state index contributed by atoms with van der Waals surface area (Å²) in [4.78, 5) is 15.3. The van der Waals surface area contributed by atoms with Crippen molar-refractivity contribution in [3.05, 3.63) is 65.2 Å². The molecular weight excluding hydrogens is 312 g/mol. The first-order chi connectivity index (χ1) is 12.1. The van der Waals surface area contributed by atoms with E-state index >= 15 is 0 Å². The molecule has 1 unspecified atom stereocenters. The van der Waals surface area contributed by atoms with E-state index in [-0.39, 0.29) is 11.3 Å². The van der Waals surface area contributed by atoms with Gasteiger partial charge < -0.3 is 10.4 Å². The monoisotopic (exact) mass is 336 g/mol. The Morgan fingerprint density at radius 1 is 1.08 bits per heavy atom. The van der Waals surface area contributed by atoms with Gasteiger partial charge in [0, 0.05) is 19.6 Å². The smallest absolute Gasteiger partial charge is 0.228 e. The Bertz CT molecular complexity index is 772. The number of carbonyl (C=O) groups is 1. The van der Waals surface area contributed by atoms with Crippen molar-refractivity contribution in [3.8, 4) is 5.75 Å². The Morgan fingerprint density at radius 3 is 2.64 bits per heavy atom. The molecule has 2 aliphatic heterocycles. The van der Waals surface area contributed by atoms with Crippen LogP contribution >= 0.6 is 0 Å². The van der Waals surface area contributed by atoms with Gasteiger partial charge in [0.2, 0.25) is 5.91 Å². The van der Waals surface area contributed by atoms with E-state index < -0.39 is 0 Å². The van der Waals surface area contributed by atoms with Gasteiger partial charge in [-0.1, -0.05) is 36.4 Å². The average molecular weight is 336 g/mol. The van der Waals surface area contributed by atoms with E-state index in [0.717, 1.165) is 38.9 Å². The summed E-state index contributed by atoms with van der Waals surface area (Å²) < 4.78 is 0. The van der Waals surface area contributed by atoms with Gasteiger partial charge in [-0.25, -0.2) is 0 Å². The van der Waals surface area contributed by atoms with Gasteiger partial charge >= 0.3 is 0 Å². The molecule has 25 heavy (non-hydrogen) atoms. The fourth-order valence-corrected chi connectivity index (χ4v) is 4.26. The highest BCUT2D eigenvalue weighted by molar-refractivity contribution is 5.84. The van der Waals surface area contributed by atoms with Crippen molar-refractivity contribution in [3.63, 3.8) is 0 Å². The Labute approximate surface area is 148 Å². The van der Waals surface area contributed by atoms with E-state index in [2.05, 4.69) is 28.4 Å². The summed E-state index contributed by atoms with van der Waals surface area (Å²) >= 11 is 0. The summed E-state index contributed by atoms with van der Waals surface area (Å²) in [5, 5.41) is 12.6. The van der Waals surface area contributed by atoms with Crippen LogP contribution in [0, 0.1) is 5.41 Å². The number of nitrogens with one attached hydrogen (secondary N) is 1. The Hall–Kier alpha value is -2.33. The number of phenols is 1. The molecule has 0 radical (unpaired) electrons. The number of fused-ring (bicyclic) bond motifs is 1. The van der Waals surface area contributed by atoms with Crippen molar-refractivity contribution >= 4 is 5.91 Å². The number of benzene rings is 2. The molecule has 4 heteroatoms. The Balaban J connectivity index is 1.56. The first kappa shape index (κ1) is 16.2. The quantitative estimate of drug-likeness (QED) is 0.887. The SMILES string of the molecule is O=C1NCc2ccccc2CC12CCCN(Cc1ccc(O)cc1)C2. The van der Waals surface area contributed by atoms with Crippen LogP contribution in [0.4, 0.5) is 0 Å². The molecule has 1 fully saturated rings. The molecule has 1 spiro atoms. The highest BCUT2D eigenvalue weighted by atomic mass is 16.3. The summed E-state index contributed by atoms with van der Waals surface area (Å²) in [6, 6.07) is 15.8. The number of carbonyl (C=O) groups excluding carboxylic acids is 1. The standard InChI is InChI=1S/C21H24N2O2/c24-19-8-6-16(7-9-19)14-23-11-3-10-21(15-23)12-17-4-1-2-5-18(17)13-22-20(21)25/h1-2,4-9,24H,3,10-15H2,(H,22,25). The molecule has 1 atom stereocenters. The number of piperidine rings is 1. The van der Waals surface area contributed by atoms with Crippen LogP contribution in [0.2, 0.25) is 0 Å². The van der Waals surface area contributed by atoms with Crippen LogP contribution in [0.25, 0.3) is 0 Å². The molecule has 0 aromatic heterocycles. The van der Waals surface area contributed by atoms with Crippen LogP contribution in [0.5, 0.6) is 5.75 Å². The molecule has 1 saturated heterocycles. The molecule has 2 aromatic carbocycles. The van der Waals surface area contributed by atoms with E-state index in [4.69, 9.17) is 0 Å². The molecule has 2 N–H and O–H groups in total. The molecule has 2 heterocycles. The molecular formula is C21H24N2O2. The minimum atomic E-state index is -0.332. The number of likely N-dealkylation sites (tertiary alicyclic amines) is 1. The normalized spacial score (nSPS) is 23.8. The zero-order chi connectivity index (χ0) is 17.3. The molecule has 130 valence electrons. The van der Waals surface area contributed by atoms with Crippen LogP contribution in [0.3, 0.4) is 0 Å². The first-order valence-corrected chi connectivity index (χ1v) is 9.00. The van der Waals surface area contributed by atoms with Crippen molar-refractivity contribution in [1.29, 1.82) is 0 Å². The molecule has 0 saturated carbocycles. The summed E-state index contributed by atoms with van der Waals surface area (Å²) in [6.45, 7) is 3.25. The number of rotatable bonds is 2. The maximum absolute atomic E-state index is 12.9. The average Bonchev–Trinajstić information content (AvgIpc) is 2.75. The van der Waals surface area contributed by atoms with E-state index in [9.17, 15) is 9.90 Å². The lowest BCUT2D eigenvalue weighted by atomic mass is 9.74. The van der Waals surface area contributed by atoms with Crippen LogP contribution < -0.4 is 5.32 Å². The number of aromatic hydroxyl groups is 1. The van der Waals surface area contributed by atoms with Gasteiger partial charge in [0.05, 0.1) is 5.41 Å². The van der Waals surface area contributed by atoms with Crippen LogP contribution in [0.1, 0.15) is 29.5 Å². The predicted molar refractivity (Wildman–Crippen MR) is 97.0 cm³/mol. The van der Waals surface area contributed by atoms with E-state index in [1.807, 2.05) is 18.2 Å². The lowest BCUT2D eigenvalue weighted by molar-refractivity contribution is -0.134. The van der Waals surface area contributed by atoms with E-state index in [0.29, 0.717) is 12.3 Å². The van der Waals surface area contributed by atoms with Crippen molar-refractivity contribution in [1.82, 2.24) is 10.2 Å². The van der Waals surface area contributed by atoms with Gasteiger partial charge in [0.25, 0.3) is 0 Å². The molecule has 0 aliphatic carbocycles. The van der Waals surface area contributed by atoms with Crippen molar-refractivity contribution in [2.45, 2.75) is 32.4 Å². The van der Waals surface area contributed by atoms with Crippen LogP contribution in [-0.4, -0.2) is 29.0 Å². The molecule has 4 rings (SSSR count). The van der Waals surface area contributed by atoms with Gasteiger partial charge in [0.1, 0.15) is 5.75 Å². The molecule has 2 aromatic rings. The topological polar surface area (TPSA) is 52.6 Å². The Morgan fingerprint density at radius 2 is 1.84 bits per heavy atom. The number of amides is 1. The van der Waals surface area contributed by atoms with Crippen molar-refractivity contribution in [2.24, 2.45) is 5.41 Å². The van der Waals surface area contributed by atoms with Gasteiger partial charge in [-0.2, -0.15) is 0 Å². The van der Waals surface area contributed by atoms with Crippen molar-refractivity contribution in [2.75, 3.05) is 13.1 Å².